The van der Waals surface area contributed by atoms with Crippen LogP contribution in [-0.2, 0) is 9.53 Å². The van der Waals surface area contributed by atoms with Crippen molar-refractivity contribution in [3.05, 3.63) is 0 Å². The summed E-state index contributed by atoms with van der Waals surface area (Å²) in [6, 6.07) is 0. The Kier molecular flexibility index (Phi) is 4.40. The van der Waals surface area contributed by atoms with Crippen LogP contribution in [0.2, 0.25) is 0 Å². The highest BCUT2D eigenvalue weighted by molar-refractivity contribution is 5.74. The molecule has 0 rings (SSSR count). The Balaban J connectivity index is 3.94. The Labute approximate surface area is 84.2 Å². The van der Waals surface area contributed by atoms with Crippen molar-refractivity contribution in [2.75, 3.05) is 13.6 Å². The number of rotatable bonds is 3. The third-order valence-corrected chi connectivity index (χ3v) is 1.38. The van der Waals surface area contributed by atoms with Gasteiger partial charge < -0.3 is 9.64 Å². The zero-order chi connectivity index (χ0) is 11.4. The predicted octanol–water partition coefficient (Wildman–Crippen LogP) is 1.05. The first-order valence-corrected chi connectivity index (χ1v) is 4.41. The highest BCUT2D eigenvalue weighted by atomic mass is 16.6. The van der Waals surface area contributed by atoms with Crippen molar-refractivity contribution < 1.29 is 14.3 Å². The van der Waals surface area contributed by atoms with Gasteiger partial charge in [0, 0.05) is 20.0 Å². The quantitative estimate of drug-likeness (QED) is 0.685. The van der Waals surface area contributed by atoms with Gasteiger partial charge in [-0.2, -0.15) is 0 Å². The standard InChI is InChI=1S/C9H17N2O3/c1-9(2,3)14-8(13)11(4)6-5-7(10)12/h10H,5-6H2,1-4H3. The van der Waals surface area contributed by atoms with Crippen LogP contribution in [0.5, 0.6) is 0 Å². The first-order chi connectivity index (χ1) is 6.22. The van der Waals surface area contributed by atoms with Gasteiger partial charge in [0.15, 0.2) is 0 Å². The van der Waals surface area contributed by atoms with E-state index in [4.69, 9.17) is 10.5 Å². The number of carbonyl (C=O) groups is 2. The van der Waals surface area contributed by atoms with Crippen molar-refractivity contribution in [2.45, 2.75) is 32.8 Å². The molecule has 1 N–H and O–H groups in total. The molecule has 0 aliphatic carbocycles. The highest BCUT2D eigenvalue weighted by Crippen LogP contribution is 2.08. The molecule has 0 aromatic carbocycles. The summed E-state index contributed by atoms with van der Waals surface area (Å²) in [6.07, 6.45) is -0.436. The minimum Gasteiger partial charge on any atom is -0.444 e. The van der Waals surface area contributed by atoms with Gasteiger partial charge in [-0.15, -0.1) is 0 Å². The first kappa shape index (κ1) is 12.7. The zero-order valence-electron chi connectivity index (χ0n) is 9.09. The topological polar surface area (TPSA) is 70.4 Å². The summed E-state index contributed by atoms with van der Waals surface area (Å²) in [4.78, 5) is 22.9. The van der Waals surface area contributed by atoms with Crippen LogP contribution in [0.3, 0.4) is 0 Å². The van der Waals surface area contributed by atoms with E-state index in [1.165, 1.54) is 11.9 Å². The lowest BCUT2D eigenvalue weighted by Crippen LogP contribution is -2.35. The Bertz CT molecular complexity index is 221. The summed E-state index contributed by atoms with van der Waals surface area (Å²) in [5.74, 6) is -0.680. The van der Waals surface area contributed by atoms with E-state index < -0.39 is 17.6 Å². The average molecular weight is 201 g/mol. The van der Waals surface area contributed by atoms with Crippen LogP contribution >= 0.6 is 0 Å². The Morgan fingerprint density at radius 1 is 1.36 bits per heavy atom. The van der Waals surface area contributed by atoms with Gasteiger partial charge in [-0.05, 0) is 20.8 Å². The van der Waals surface area contributed by atoms with Crippen molar-refractivity contribution in [3.63, 3.8) is 0 Å². The molecule has 5 nitrogen and oxygen atoms in total. The molecule has 0 bridgehead atoms. The van der Waals surface area contributed by atoms with Gasteiger partial charge >= 0.3 is 6.09 Å². The van der Waals surface area contributed by atoms with Gasteiger partial charge in [0.25, 0.3) is 0 Å². The highest BCUT2D eigenvalue weighted by Gasteiger charge is 2.19. The van der Waals surface area contributed by atoms with E-state index in [0.29, 0.717) is 0 Å². The third-order valence-electron chi connectivity index (χ3n) is 1.38. The van der Waals surface area contributed by atoms with Gasteiger partial charge in [-0.3, -0.25) is 10.5 Å². The van der Waals surface area contributed by atoms with E-state index in [0.717, 1.165) is 0 Å². The number of nitrogens with zero attached hydrogens (tertiary/aromatic N) is 1. The Hall–Kier alpha value is -1.26. The number of hydrogen-bond donors (Lipinski definition) is 0. The Morgan fingerprint density at radius 2 is 1.86 bits per heavy atom. The van der Waals surface area contributed by atoms with Crippen LogP contribution in [-0.4, -0.2) is 36.1 Å². The summed E-state index contributed by atoms with van der Waals surface area (Å²) < 4.78 is 5.05. The second-order valence-corrected chi connectivity index (χ2v) is 4.08. The van der Waals surface area contributed by atoms with E-state index in [1.807, 2.05) is 0 Å². The fraction of sp³-hybridized carbons (Fsp3) is 0.778. The number of ether oxygens (including phenoxy) is 1. The molecule has 0 spiro atoms. The van der Waals surface area contributed by atoms with Crippen LogP contribution in [0.25, 0.3) is 0 Å². The summed E-state index contributed by atoms with van der Waals surface area (Å²) >= 11 is 0. The predicted molar refractivity (Wildman–Crippen MR) is 51.6 cm³/mol. The summed E-state index contributed by atoms with van der Waals surface area (Å²) in [5.41, 5.74) is 6.14. The van der Waals surface area contributed by atoms with Crippen LogP contribution < -0.4 is 5.73 Å². The van der Waals surface area contributed by atoms with Crippen molar-refractivity contribution in [1.82, 2.24) is 10.6 Å². The minimum atomic E-state index is -0.680. The van der Waals surface area contributed by atoms with E-state index in [9.17, 15) is 9.59 Å². The maximum atomic E-state index is 11.3. The second-order valence-electron chi connectivity index (χ2n) is 4.08. The normalized spacial score (nSPS) is 10.9. The van der Waals surface area contributed by atoms with Crippen molar-refractivity contribution in [2.24, 2.45) is 0 Å². The van der Waals surface area contributed by atoms with Gasteiger partial charge in [0.1, 0.15) is 5.60 Å². The molecular formula is C9H17N2O3. The molecule has 0 atom stereocenters. The largest absolute Gasteiger partial charge is 0.444 e. The number of nitrogens with one attached hydrogen (secondary N) is 1. The van der Waals surface area contributed by atoms with Crippen molar-refractivity contribution in [3.8, 4) is 0 Å². The van der Waals surface area contributed by atoms with E-state index in [2.05, 4.69) is 0 Å². The van der Waals surface area contributed by atoms with Crippen LogP contribution in [0, 0.1) is 0 Å². The zero-order valence-corrected chi connectivity index (χ0v) is 9.09. The monoisotopic (exact) mass is 201 g/mol. The van der Waals surface area contributed by atoms with Crippen LogP contribution in [0.1, 0.15) is 27.2 Å². The van der Waals surface area contributed by atoms with Crippen LogP contribution in [0.4, 0.5) is 4.79 Å². The summed E-state index contributed by atoms with van der Waals surface area (Å²) in [5, 5.41) is 0. The maximum Gasteiger partial charge on any atom is 0.410 e. The van der Waals surface area contributed by atoms with Crippen molar-refractivity contribution >= 4 is 12.0 Å². The smallest absolute Gasteiger partial charge is 0.410 e. The van der Waals surface area contributed by atoms with Crippen molar-refractivity contribution in [1.29, 1.82) is 0 Å². The first-order valence-electron chi connectivity index (χ1n) is 4.41. The number of hydrogen-bond acceptors (Lipinski definition) is 3. The second kappa shape index (κ2) is 4.83. The fourth-order valence-corrected chi connectivity index (χ4v) is 0.700. The van der Waals surface area contributed by atoms with Gasteiger partial charge in [0.2, 0.25) is 5.91 Å². The molecule has 0 aromatic heterocycles. The molecule has 14 heavy (non-hydrogen) atoms. The Morgan fingerprint density at radius 3 is 2.21 bits per heavy atom. The molecular weight excluding hydrogens is 184 g/mol. The average Bonchev–Trinajstić information content (AvgIpc) is 1.96. The molecule has 0 aromatic rings. The van der Waals surface area contributed by atoms with E-state index in [-0.39, 0.29) is 13.0 Å². The molecule has 81 valence electrons. The number of amides is 2. The SMILES string of the molecule is CN(CCC([NH])=O)C(=O)OC(C)(C)C. The summed E-state index contributed by atoms with van der Waals surface area (Å²) in [6.45, 7) is 5.54. The van der Waals surface area contributed by atoms with Gasteiger partial charge in [-0.1, -0.05) is 0 Å². The molecule has 1 radical (unpaired) electrons. The third kappa shape index (κ3) is 6.28. The maximum absolute atomic E-state index is 11.3. The fourth-order valence-electron chi connectivity index (χ4n) is 0.700. The van der Waals surface area contributed by atoms with Crippen LogP contribution in [0.15, 0.2) is 0 Å². The molecule has 5 heteroatoms. The summed E-state index contributed by atoms with van der Waals surface area (Å²) in [7, 11) is 1.54. The molecule has 0 heterocycles. The lowest BCUT2D eigenvalue weighted by molar-refractivity contribution is -0.118. The molecule has 0 saturated heterocycles. The van der Waals surface area contributed by atoms with Gasteiger partial charge in [-0.25, -0.2) is 4.79 Å². The van der Waals surface area contributed by atoms with E-state index in [1.54, 1.807) is 20.8 Å². The minimum absolute atomic E-state index is 0.0374. The lowest BCUT2D eigenvalue weighted by Gasteiger charge is -2.24. The van der Waals surface area contributed by atoms with E-state index >= 15 is 0 Å². The molecule has 0 unspecified atom stereocenters. The molecule has 2 amide bonds. The molecule has 0 aliphatic rings. The molecule has 0 aliphatic heterocycles. The molecule has 0 saturated carbocycles. The lowest BCUT2D eigenvalue weighted by atomic mass is 10.2. The number of carbonyl (C=O) groups excluding carboxylic acids is 2. The van der Waals surface area contributed by atoms with Gasteiger partial charge in [0.05, 0.1) is 0 Å². The molecule has 0 fully saturated rings.